The van der Waals surface area contributed by atoms with Crippen molar-refractivity contribution in [2.24, 2.45) is 0 Å². The second-order valence-electron chi connectivity index (χ2n) is 11.2. The van der Waals surface area contributed by atoms with Crippen LogP contribution in [0.4, 0.5) is 0 Å². The Morgan fingerprint density at radius 1 is 0.448 bits per heavy atom. The molecule has 5 heteroatoms. The molecule has 286 valence electrons. The average molecular weight is 761 g/mol. The van der Waals surface area contributed by atoms with Gasteiger partial charge in [0.25, 0.3) is 0 Å². The van der Waals surface area contributed by atoms with Crippen LogP contribution in [-0.4, -0.2) is 36.4 Å². The van der Waals surface area contributed by atoms with Gasteiger partial charge in [-0.05, 0) is 207 Å². The number of aliphatic hydroxyl groups is 1. The molecule has 0 aliphatic heterocycles. The van der Waals surface area contributed by atoms with Crippen LogP contribution in [0.2, 0.25) is 0 Å². The minimum Gasteiger partial charge on any atom is -0.462 e. The molecule has 0 unspecified atom stereocenters. The van der Waals surface area contributed by atoms with Gasteiger partial charge in [-0.15, -0.1) is 0 Å². The van der Waals surface area contributed by atoms with Crippen LogP contribution in [0, 0.1) is 166 Å². The van der Waals surface area contributed by atoms with E-state index in [1.165, 1.54) is 0 Å². The quantitative estimate of drug-likeness (QED) is 0.0925. The van der Waals surface area contributed by atoms with Crippen molar-refractivity contribution in [2.75, 3.05) is 13.2 Å². The third kappa shape index (κ3) is 41.0. The van der Waals surface area contributed by atoms with E-state index in [4.69, 9.17) is 9.47 Å². The van der Waals surface area contributed by atoms with E-state index in [-0.39, 0.29) is 25.4 Å². The maximum Gasteiger partial charge on any atom is 0.306 e. The minimum absolute atomic E-state index is 0.150. The van der Waals surface area contributed by atoms with Crippen LogP contribution in [0.5, 0.6) is 0 Å². The largest absolute Gasteiger partial charge is 0.462 e. The maximum absolute atomic E-state index is 12.2. The number of hydrogen-bond donors (Lipinski definition) is 1. The van der Waals surface area contributed by atoms with Gasteiger partial charge < -0.3 is 14.6 Å². The van der Waals surface area contributed by atoms with Crippen molar-refractivity contribution in [2.45, 2.75) is 110 Å². The molecule has 0 bridgehead atoms. The molecule has 0 amide bonds. The number of carbonyl (C=O) groups excluding carboxylic acids is 2. The molecule has 0 aliphatic carbocycles. The number of aliphatic hydroxyl groups excluding tert-OH is 1. The molecule has 1 atom stereocenters. The molecule has 0 aliphatic rings. The first-order chi connectivity index (χ1) is 28.6. The first-order valence-corrected chi connectivity index (χ1v) is 18.7. The molecule has 0 saturated heterocycles. The fourth-order valence-corrected chi connectivity index (χ4v) is 3.94. The average Bonchev–Trinajstić information content (AvgIpc) is 3.23. The second kappa shape index (κ2) is 43.6. The van der Waals surface area contributed by atoms with E-state index in [1.807, 2.05) is 12.2 Å². The molecule has 0 spiro atoms. The molecule has 1 N–H and O–H groups in total. The fourth-order valence-electron chi connectivity index (χ4n) is 3.94. The zero-order valence-corrected chi connectivity index (χ0v) is 33.3. The van der Waals surface area contributed by atoms with Crippen molar-refractivity contribution in [1.29, 1.82) is 0 Å². The fraction of sp³-hybridized carbons (Fsp3) is 0.358. The van der Waals surface area contributed by atoms with Gasteiger partial charge in [0.15, 0.2) is 6.10 Å². The summed E-state index contributed by atoms with van der Waals surface area (Å²) in [5, 5.41) is 9.56. The van der Waals surface area contributed by atoms with E-state index in [0.29, 0.717) is 12.8 Å². The molecule has 0 rings (SSSR count). The Bertz CT molecular complexity index is 2310. The summed E-state index contributed by atoms with van der Waals surface area (Å²) in [5.74, 6) is 72.1. The van der Waals surface area contributed by atoms with Crippen molar-refractivity contribution in [3.63, 3.8) is 0 Å². The van der Waals surface area contributed by atoms with Crippen LogP contribution in [0.25, 0.3) is 0 Å². The highest BCUT2D eigenvalue weighted by atomic mass is 16.6. The normalized spacial score (nSPS) is 8.40. The van der Waals surface area contributed by atoms with Crippen molar-refractivity contribution >= 4 is 11.9 Å². The Balaban J connectivity index is 3.93. The molecule has 0 aromatic carbocycles. The predicted molar refractivity (Wildman–Crippen MR) is 231 cm³/mol. The second-order valence-corrected chi connectivity index (χ2v) is 11.2. The van der Waals surface area contributed by atoms with Crippen molar-refractivity contribution in [3.8, 4) is 166 Å². The number of hydrogen-bond acceptors (Lipinski definition) is 5. The topological polar surface area (TPSA) is 72.8 Å². The SMILES string of the molecule is CC#CC#CC#CC#CC#CC#CC#C/C=C\CCCCCCCC(=O)O[C@@H](CO)COC(=O)CCCCCCC/C=C/C#CC#CC#CC#CC#CC#CC#CC. The molecule has 0 aromatic rings. The number of ether oxygens (including phenoxy) is 2. The lowest BCUT2D eigenvalue weighted by atomic mass is 10.1. The summed E-state index contributed by atoms with van der Waals surface area (Å²) in [6.07, 6.45) is 18.4. The molecule has 5 nitrogen and oxygen atoms in total. The standard InChI is InChI=1S/C53H44O5/c1-3-5-7-9-11-13-15-17-19-21-23-25-27-29-31-33-35-37-39-41-43-45-47-52(55)57-50-51(49-54)58-53(56)48-46-44-42-40-38-36-34-32-30-28-26-24-22-20-18-16-14-12-10-8-6-4-2/h31-34,51,54H,35-50H2,1-2H3/b33-31+,34-32-/t51-/m0/s1. The summed E-state index contributed by atoms with van der Waals surface area (Å²) < 4.78 is 10.5. The van der Waals surface area contributed by atoms with E-state index in [2.05, 4.69) is 166 Å². The highest BCUT2D eigenvalue weighted by Gasteiger charge is 2.16. The van der Waals surface area contributed by atoms with E-state index >= 15 is 0 Å². The lowest BCUT2D eigenvalue weighted by molar-refractivity contribution is -0.161. The number of carbonyl (C=O) groups is 2. The predicted octanol–water partition coefficient (Wildman–Crippen LogP) is 6.09. The number of rotatable bonds is 20. The van der Waals surface area contributed by atoms with Crippen LogP contribution < -0.4 is 0 Å². The van der Waals surface area contributed by atoms with Crippen molar-refractivity contribution in [1.82, 2.24) is 0 Å². The van der Waals surface area contributed by atoms with Gasteiger partial charge in [-0.2, -0.15) is 0 Å². The molecule has 0 heterocycles. The zero-order valence-electron chi connectivity index (χ0n) is 33.3. The third-order valence-corrected chi connectivity index (χ3v) is 6.61. The number of unbranched alkanes of at least 4 members (excludes halogenated alkanes) is 10. The van der Waals surface area contributed by atoms with Gasteiger partial charge in [-0.25, -0.2) is 0 Å². The molecule has 0 aromatic heterocycles. The Hall–Kier alpha value is -7.78. The van der Waals surface area contributed by atoms with Gasteiger partial charge in [-0.1, -0.05) is 74.4 Å². The van der Waals surface area contributed by atoms with Crippen LogP contribution in [0.15, 0.2) is 24.3 Å². The number of allylic oxidation sites excluding steroid dienone is 4. The summed E-state index contributed by atoms with van der Waals surface area (Å²) in [4.78, 5) is 24.3. The van der Waals surface area contributed by atoms with Crippen molar-refractivity contribution < 1.29 is 24.2 Å². The molecule has 0 saturated carbocycles. The van der Waals surface area contributed by atoms with E-state index < -0.39 is 18.7 Å². The zero-order chi connectivity index (χ0) is 42.1. The summed E-state index contributed by atoms with van der Waals surface area (Å²) in [5.41, 5.74) is 0. The number of esters is 2. The monoisotopic (exact) mass is 760 g/mol. The molecular formula is C53H44O5. The van der Waals surface area contributed by atoms with E-state index in [9.17, 15) is 14.7 Å². The Labute approximate surface area is 348 Å². The van der Waals surface area contributed by atoms with Crippen LogP contribution in [0.3, 0.4) is 0 Å². The highest BCUT2D eigenvalue weighted by Crippen LogP contribution is 2.10. The lowest BCUT2D eigenvalue weighted by Crippen LogP contribution is -2.28. The Kier molecular flexibility index (Phi) is 37.8. The van der Waals surface area contributed by atoms with Crippen LogP contribution in [0.1, 0.15) is 104 Å². The Morgan fingerprint density at radius 3 is 1.16 bits per heavy atom. The summed E-state index contributed by atoms with van der Waals surface area (Å²) in [6.45, 7) is 2.84. The minimum atomic E-state index is -0.857. The van der Waals surface area contributed by atoms with Crippen LogP contribution in [-0.2, 0) is 19.1 Å². The molecular weight excluding hydrogens is 717 g/mol. The third-order valence-electron chi connectivity index (χ3n) is 6.61. The van der Waals surface area contributed by atoms with E-state index in [0.717, 1.165) is 64.2 Å². The van der Waals surface area contributed by atoms with Gasteiger partial charge in [-0.3, -0.25) is 9.59 Å². The van der Waals surface area contributed by atoms with Gasteiger partial charge in [0.1, 0.15) is 6.61 Å². The van der Waals surface area contributed by atoms with Gasteiger partial charge in [0.05, 0.1) is 6.61 Å². The van der Waals surface area contributed by atoms with Crippen molar-refractivity contribution in [3.05, 3.63) is 24.3 Å². The van der Waals surface area contributed by atoms with Gasteiger partial charge >= 0.3 is 11.9 Å². The molecule has 0 fully saturated rings. The Morgan fingerprint density at radius 2 is 0.776 bits per heavy atom. The summed E-state index contributed by atoms with van der Waals surface area (Å²) in [6, 6.07) is 0. The smallest absolute Gasteiger partial charge is 0.306 e. The van der Waals surface area contributed by atoms with Gasteiger partial charge in [0.2, 0.25) is 0 Å². The lowest BCUT2D eigenvalue weighted by Gasteiger charge is -2.15. The summed E-state index contributed by atoms with van der Waals surface area (Å²) in [7, 11) is 0. The first kappa shape index (κ1) is 50.2. The highest BCUT2D eigenvalue weighted by molar-refractivity contribution is 5.70. The summed E-state index contributed by atoms with van der Waals surface area (Å²) >= 11 is 0. The van der Waals surface area contributed by atoms with Crippen LogP contribution >= 0.6 is 0 Å². The van der Waals surface area contributed by atoms with E-state index in [1.54, 1.807) is 26.0 Å². The molecule has 0 radical (unpaired) electrons. The van der Waals surface area contributed by atoms with Gasteiger partial charge in [0, 0.05) is 12.8 Å². The maximum atomic E-state index is 12.2. The first-order valence-electron chi connectivity index (χ1n) is 18.7. The molecule has 58 heavy (non-hydrogen) atoms.